The molecule has 0 radical (unpaired) electrons. The van der Waals surface area contributed by atoms with E-state index in [2.05, 4.69) is 31.2 Å². The first-order chi connectivity index (χ1) is 8.29. The molecule has 1 aliphatic carbocycles. The maximum Gasteiger partial charge on any atom is 0.133 e. The van der Waals surface area contributed by atoms with Gasteiger partial charge < -0.3 is 0 Å². The first-order valence-corrected chi connectivity index (χ1v) is 6.90. The van der Waals surface area contributed by atoms with Crippen LogP contribution in [0.25, 0.3) is 0 Å². The second kappa shape index (κ2) is 6.00. The van der Waals surface area contributed by atoms with E-state index in [1.54, 1.807) is 0 Å². The fraction of sp³-hybridized carbons (Fsp3) is 0.562. The van der Waals surface area contributed by atoms with E-state index >= 15 is 0 Å². The maximum atomic E-state index is 11.3. The maximum absolute atomic E-state index is 11.3. The first kappa shape index (κ1) is 12.3. The Morgan fingerprint density at radius 2 is 1.94 bits per heavy atom. The molecular weight excluding hydrogens is 208 g/mol. The summed E-state index contributed by atoms with van der Waals surface area (Å²) < 4.78 is 0. The van der Waals surface area contributed by atoms with Crippen LogP contribution < -0.4 is 0 Å². The van der Waals surface area contributed by atoms with Crippen LogP contribution in [0, 0.1) is 0 Å². The summed E-state index contributed by atoms with van der Waals surface area (Å²) in [6, 6.07) is 8.94. The Hall–Kier alpha value is -1.11. The summed E-state index contributed by atoms with van der Waals surface area (Å²) in [6.45, 7) is 2.24. The highest BCUT2D eigenvalue weighted by molar-refractivity contribution is 5.81. The van der Waals surface area contributed by atoms with E-state index in [0.29, 0.717) is 11.7 Å². The predicted octanol–water partition coefficient (Wildman–Crippen LogP) is 4.26. The summed E-state index contributed by atoms with van der Waals surface area (Å²) in [5.74, 6) is 0.925. The lowest BCUT2D eigenvalue weighted by atomic mass is 9.95. The molecule has 0 aromatic heterocycles. The van der Waals surface area contributed by atoms with Crippen LogP contribution in [0.5, 0.6) is 0 Å². The van der Waals surface area contributed by atoms with Crippen molar-refractivity contribution in [2.45, 2.75) is 57.8 Å². The SMILES string of the molecule is CCCCCc1ccc(C2CCC(=O)C2)cc1. The average Bonchev–Trinajstić information content (AvgIpc) is 2.77. The highest BCUT2D eigenvalue weighted by atomic mass is 16.1. The van der Waals surface area contributed by atoms with Crippen molar-refractivity contribution < 1.29 is 4.79 Å². The normalized spacial score (nSPS) is 19.8. The van der Waals surface area contributed by atoms with E-state index in [1.165, 1.54) is 36.8 Å². The van der Waals surface area contributed by atoms with Gasteiger partial charge in [0.05, 0.1) is 0 Å². The van der Waals surface area contributed by atoms with Crippen LogP contribution in [0.1, 0.15) is 62.5 Å². The summed E-state index contributed by atoms with van der Waals surface area (Å²) in [4.78, 5) is 11.3. The minimum atomic E-state index is 0.432. The molecule has 1 aromatic carbocycles. The minimum absolute atomic E-state index is 0.432. The lowest BCUT2D eigenvalue weighted by molar-refractivity contribution is -0.117. The standard InChI is InChI=1S/C16H22O/c1-2-3-4-5-13-6-8-14(9-7-13)15-10-11-16(17)12-15/h6-9,15H,2-5,10-12H2,1H3. The van der Waals surface area contributed by atoms with Crippen molar-refractivity contribution in [3.05, 3.63) is 35.4 Å². The zero-order chi connectivity index (χ0) is 12.1. The molecule has 1 heteroatoms. The molecule has 1 unspecified atom stereocenters. The summed E-state index contributed by atoms with van der Waals surface area (Å²) >= 11 is 0. The number of ketones is 1. The van der Waals surface area contributed by atoms with Gasteiger partial charge in [-0.25, -0.2) is 0 Å². The summed E-state index contributed by atoms with van der Waals surface area (Å²) in [5.41, 5.74) is 2.79. The fourth-order valence-electron chi connectivity index (χ4n) is 2.63. The Morgan fingerprint density at radius 1 is 1.18 bits per heavy atom. The van der Waals surface area contributed by atoms with Gasteiger partial charge in [0.1, 0.15) is 5.78 Å². The molecule has 0 bridgehead atoms. The van der Waals surface area contributed by atoms with E-state index in [1.807, 2.05) is 0 Å². The van der Waals surface area contributed by atoms with Crippen molar-refractivity contribution in [2.75, 3.05) is 0 Å². The molecule has 1 nitrogen and oxygen atoms in total. The lowest BCUT2D eigenvalue weighted by Crippen LogP contribution is -1.95. The Labute approximate surface area is 104 Å². The van der Waals surface area contributed by atoms with Crippen molar-refractivity contribution in [3.8, 4) is 0 Å². The van der Waals surface area contributed by atoms with Crippen molar-refractivity contribution in [3.63, 3.8) is 0 Å². The van der Waals surface area contributed by atoms with Crippen LogP contribution in [-0.4, -0.2) is 5.78 Å². The van der Waals surface area contributed by atoms with Gasteiger partial charge in [0.25, 0.3) is 0 Å². The number of unbranched alkanes of at least 4 members (excludes halogenated alkanes) is 2. The molecule has 0 spiro atoms. The van der Waals surface area contributed by atoms with Gasteiger partial charge in [-0.1, -0.05) is 44.0 Å². The van der Waals surface area contributed by atoms with Gasteiger partial charge >= 0.3 is 0 Å². The third kappa shape index (κ3) is 3.42. The number of aryl methyl sites for hydroxylation is 1. The van der Waals surface area contributed by atoms with Gasteiger partial charge in [0, 0.05) is 12.8 Å². The minimum Gasteiger partial charge on any atom is -0.300 e. The van der Waals surface area contributed by atoms with E-state index in [4.69, 9.17) is 0 Å². The second-order valence-corrected chi connectivity index (χ2v) is 5.18. The number of rotatable bonds is 5. The Morgan fingerprint density at radius 3 is 2.53 bits per heavy atom. The smallest absolute Gasteiger partial charge is 0.133 e. The van der Waals surface area contributed by atoms with Crippen LogP contribution in [0.3, 0.4) is 0 Å². The number of carbonyl (C=O) groups excluding carboxylic acids is 1. The largest absolute Gasteiger partial charge is 0.300 e. The van der Waals surface area contributed by atoms with Gasteiger partial charge in [-0.2, -0.15) is 0 Å². The number of Topliss-reactive ketones (excluding diaryl/α,β-unsaturated/α-hetero) is 1. The number of benzene rings is 1. The molecule has 0 amide bonds. The molecule has 1 fully saturated rings. The number of hydrogen-bond donors (Lipinski definition) is 0. The molecule has 0 aliphatic heterocycles. The molecule has 1 saturated carbocycles. The molecule has 17 heavy (non-hydrogen) atoms. The van der Waals surface area contributed by atoms with Crippen LogP contribution in [-0.2, 0) is 11.2 Å². The zero-order valence-electron chi connectivity index (χ0n) is 10.7. The molecule has 1 aromatic rings. The molecule has 0 saturated heterocycles. The third-order valence-corrected chi connectivity index (χ3v) is 3.77. The first-order valence-electron chi connectivity index (χ1n) is 6.90. The van der Waals surface area contributed by atoms with Gasteiger partial charge in [0.15, 0.2) is 0 Å². The summed E-state index contributed by atoms with van der Waals surface area (Å²) in [5, 5.41) is 0. The van der Waals surface area contributed by atoms with Crippen LogP contribution in [0.4, 0.5) is 0 Å². The fourth-order valence-corrected chi connectivity index (χ4v) is 2.63. The topological polar surface area (TPSA) is 17.1 Å². The summed E-state index contributed by atoms with van der Waals surface area (Å²) in [7, 11) is 0. The molecular formula is C16H22O. The number of hydrogen-bond acceptors (Lipinski definition) is 1. The van der Waals surface area contributed by atoms with E-state index in [0.717, 1.165) is 19.3 Å². The summed E-state index contributed by atoms with van der Waals surface area (Å²) in [6.07, 6.45) is 7.67. The van der Waals surface area contributed by atoms with Crippen molar-refractivity contribution in [2.24, 2.45) is 0 Å². The second-order valence-electron chi connectivity index (χ2n) is 5.18. The molecule has 1 aliphatic rings. The highest BCUT2D eigenvalue weighted by Gasteiger charge is 2.23. The molecule has 1 atom stereocenters. The van der Waals surface area contributed by atoms with Crippen LogP contribution >= 0.6 is 0 Å². The third-order valence-electron chi connectivity index (χ3n) is 3.77. The molecule has 0 heterocycles. The quantitative estimate of drug-likeness (QED) is 0.691. The van der Waals surface area contributed by atoms with Gasteiger partial charge in [-0.15, -0.1) is 0 Å². The predicted molar refractivity (Wildman–Crippen MR) is 71.3 cm³/mol. The highest BCUT2D eigenvalue weighted by Crippen LogP contribution is 2.32. The lowest BCUT2D eigenvalue weighted by Gasteiger charge is -2.09. The van der Waals surface area contributed by atoms with Gasteiger partial charge in [0.2, 0.25) is 0 Å². The molecule has 0 N–H and O–H groups in total. The Balaban J connectivity index is 1.91. The van der Waals surface area contributed by atoms with E-state index < -0.39 is 0 Å². The van der Waals surface area contributed by atoms with Crippen LogP contribution in [0.2, 0.25) is 0 Å². The van der Waals surface area contributed by atoms with Crippen molar-refractivity contribution >= 4 is 5.78 Å². The van der Waals surface area contributed by atoms with Crippen molar-refractivity contribution in [1.29, 1.82) is 0 Å². The number of carbonyl (C=O) groups is 1. The molecule has 92 valence electrons. The Kier molecular flexibility index (Phi) is 4.36. The van der Waals surface area contributed by atoms with Gasteiger partial charge in [-0.3, -0.25) is 4.79 Å². The Bertz CT molecular complexity index is 364. The zero-order valence-corrected chi connectivity index (χ0v) is 10.7. The van der Waals surface area contributed by atoms with Crippen LogP contribution in [0.15, 0.2) is 24.3 Å². The van der Waals surface area contributed by atoms with E-state index in [-0.39, 0.29) is 0 Å². The van der Waals surface area contributed by atoms with E-state index in [9.17, 15) is 4.79 Å². The monoisotopic (exact) mass is 230 g/mol. The van der Waals surface area contributed by atoms with Gasteiger partial charge in [-0.05, 0) is 36.3 Å². The van der Waals surface area contributed by atoms with Crippen molar-refractivity contribution in [1.82, 2.24) is 0 Å². The average molecular weight is 230 g/mol. The molecule has 2 rings (SSSR count).